The summed E-state index contributed by atoms with van der Waals surface area (Å²) in [5, 5.41) is 5.40. The molecule has 4 amide bonds. The first-order valence-corrected chi connectivity index (χ1v) is 11.0. The van der Waals surface area contributed by atoms with E-state index in [0.717, 1.165) is 24.1 Å². The van der Waals surface area contributed by atoms with Crippen molar-refractivity contribution in [1.82, 2.24) is 20.5 Å². The Kier molecular flexibility index (Phi) is 5.85. The summed E-state index contributed by atoms with van der Waals surface area (Å²) < 4.78 is 0. The van der Waals surface area contributed by atoms with Crippen molar-refractivity contribution in [3.05, 3.63) is 58.9 Å². The van der Waals surface area contributed by atoms with Crippen LogP contribution in [0.5, 0.6) is 0 Å². The Morgan fingerprint density at radius 2 is 1.84 bits per heavy atom. The smallest absolute Gasteiger partial charge is 0.322 e. The number of piperidine rings is 1. The topological polar surface area (TPSA) is 94.3 Å². The Labute approximate surface area is 182 Å². The third kappa shape index (κ3) is 4.22. The molecule has 2 aliphatic heterocycles. The first-order valence-electron chi connectivity index (χ1n) is 11.0. The normalized spacial score (nSPS) is 21.8. The number of nitrogens with zero attached hydrogens (tertiary/aromatic N) is 1. The molecule has 4 rings (SSSR count). The number of hydrogen-bond acceptors (Lipinski definition) is 3. The maximum atomic E-state index is 12.9. The third-order valence-electron chi connectivity index (χ3n) is 6.69. The van der Waals surface area contributed by atoms with Gasteiger partial charge in [-0.05, 0) is 69.1 Å². The largest absolute Gasteiger partial charge is 0.354 e. The van der Waals surface area contributed by atoms with Crippen LogP contribution in [0.25, 0.3) is 0 Å². The van der Waals surface area contributed by atoms with Crippen LogP contribution in [0, 0.1) is 19.8 Å². The minimum absolute atomic E-state index is 0.00193. The number of H-pyrrole nitrogens is 1. The van der Waals surface area contributed by atoms with Gasteiger partial charge < -0.3 is 15.2 Å². The number of carbonyl (C=O) groups excluding carboxylic acids is 3. The third-order valence-corrected chi connectivity index (χ3v) is 6.69. The van der Waals surface area contributed by atoms with Crippen molar-refractivity contribution in [2.45, 2.75) is 51.5 Å². The quantitative estimate of drug-likeness (QED) is 0.625. The number of aromatic amines is 1. The number of likely N-dealkylation sites (tertiary alicyclic amines) is 1. The number of rotatable bonds is 6. The summed E-state index contributed by atoms with van der Waals surface area (Å²) in [4.78, 5) is 42.8. The number of aromatic nitrogens is 1. The molecule has 0 bridgehead atoms. The molecule has 2 saturated heterocycles. The molecule has 7 nitrogen and oxygen atoms in total. The molecule has 7 heteroatoms. The second kappa shape index (κ2) is 8.57. The number of amides is 4. The van der Waals surface area contributed by atoms with E-state index in [1.54, 1.807) is 0 Å². The van der Waals surface area contributed by atoms with Crippen molar-refractivity contribution in [2.24, 2.45) is 5.92 Å². The molecule has 0 spiro atoms. The van der Waals surface area contributed by atoms with Gasteiger partial charge in [0.1, 0.15) is 11.2 Å². The highest BCUT2D eigenvalue weighted by Crippen LogP contribution is 2.35. The van der Waals surface area contributed by atoms with E-state index in [1.807, 2.05) is 43.0 Å². The maximum Gasteiger partial charge on any atom is 0.322 e. The van der Waals surface area contributed by atoms with E-state index < -0.39 is 11.6 Å². The second-order valence-corrected chi connectivity index (χ2v) is 8.80. The lowest BCUT2D eigenvalue weighted by molar-refractivity contribution is -0.127. The van der Waals surface area contributed by atoms with Gasteiger partial charge in [0.2, 0.25) is 0 Å². The number of aryl methyl sites for hydroxylation is 3. The number of benzene rings is 1. The lowest BCUT2D eigenvalue weighted by atomic mass is 9.74. The zero-order chi connectivity index (χ0) is 22.0. The van der Waals surface area contributed by atoms with Gasteiger partial charge in [-0.2, -0.15) is 0 Å². The van der Waals surface area contributed by atoms with Gasteiger partial charge in [0.05, 0.1) is 0 Å². The summed E-state index contributed by atoms with van der Waals surface area (Å²) in [7, 11) is 0. The number of imide groups is 1. The van der Waals surface area contributed by atoms with E-state index in [4.69, 9.17) is 0 Å². The fourth-order valence-electron chi connectivity index (χ4n) is 5.07. The predicted molar refractivity (Wildman–Crippen MR) is 118 cm³/mol. The molecule has 0 saturated carbocycles. The van der Waals surface area contributed by atoms with E-state index in [-0.39, 0.29) is 17.7 Å². The van der Waals surface area contributed by atoms with Crippen LogP contribution in [-0.2, 0) is 11.2 Å². The zero-order valence-electron chi connectivity index (χ0n) is 18.2. The van der Waals surface area contributed by atoms with Gasteiger partial charge in [0.15, 0.2) is 0 Å². The second-order valence-electron chi connectivity index (χ2n) is 8.80. The summed E-state index contributed by atoms with van der Waals surface area (Å²) >= 11 is 0. The SMILES string of the molecule is Cc1cc(C)c(C(=O)N2CCC(C3(CCCc4ccccc4)NC(=O)NC3=O)CC2)[nH]1. The fraction of sp³-hybridized carbons (Fsp3) is 0.458. The molecule has 1 atom stereocenters. The van der Waals surface area contributed by atoms with Crippen molar-refractivity contribution in [3.8, 4) is 0 Å². The molecule has 1 unspecified atom stereocenters. The Bertz CT molecular complexity index is 976. The van der Waals surface area contributed by atoms with Gasteiger partial charge in [0, 0.05) is 18.8 Å². The van der Waals surface area contributed by atoms with Crippen LogP contribution in [0.3, 0.4) is 0 Å². The van der Waals surface area contributed by atoms with E-state index in [2.05, 4.69) is 27.8 Å². The number of urea groups is 1. The molecule has 1 aromatic heterocycles. The number of hydrogen-bond donors (Lipinski definition) is 3. The van der Waals surface area contributed by atoms with Gasteiger partial charge >= 0.3 is 6.03 Å². The molecule has 164 valence electrons. The van der Waals surface area contributed by atoms with Crippen molar-refractivity contribution in [1.29, 1.82) is 0 Å². The van der Waals surface area contributed by atoms with Gasteiger partial charge in [-0.15, -0.1) is 0 Å². The van der Waals surface area contributed by atoms with Gasteiger partial charge in [-0.1, -0.05) is 30.3 Å². The predicted octanol–water partition coefficient (Wildman–Crippen LogP) is 3.08. The number of nitrogens with one attached hydrogen (secondary N) is 3. The van der Waals surface area contributed by atoms with E-state index in [1.165, 1.54) is 5.56 Å². The van der Waals surface area contributed by atoms with E-state index >= 15 is 0 Å². The van der Waals surface area contributed by atoms with Crippen LogP contribution < -0.4 is 10.6 Å². The number of carbonyl (C=O) groups is 3. The Morgan fingerprint density at radius 3 is 2.42 bits per heavy atom. The molecular formula is C24H30N4O3. The molecule has 3 heterocycles. The van der Waals surface area contributed by atoms with Gasteiger partial charge in [-0.25, -0.2) is 4.79 Å². The summed E-state index contributed by atoms with van der Waals surface area (Å²) in [6, 6.07) is 11.7. The minimum Gasteiger partial charge on any atom is -0.354 e. The van der Waals surface area contributed by atoms with E-state index in [9.17, 15) is 14.4 Å². The molecule has 2 aliphatic rings. The molecule has 1 aromatic carbocycles. The summed E-state index contributed by atoms with van der Waals surface area (Å²) in [5.74, 6) is -0.224. The standard InChI is InChI=1S/C24H30N4O3/c1-16-15-17(2)25-20(16)21(29)28-13-10-19(11-14-28)24(22(30)26-23(31)27-24)12-6-9-18-7-4-3-5-8-18/h3-5,7-8,15,19,25H,6,9-14H2,1-2H3,(H2,26,27,30,31). The molecular weight excluding hydrogens is 392 g/mol. The van der Waals surface area contributed by atoms with Crippen LogP contribution in [0.1, 0.15) is 53.0 Å². The van der Waals surface area contributed by atoms with Crippen LogP contribution in [0.2, 0.25) is 0 Å². The molecule has 2 fully saturated rings. The average molecular weight is 423 g/mol. The minimum atomic E-state index is -0.889. The van der Waals surface area contributed by atoms with E-state index in [0.29, 0.717) is 38.0 Å². The fourth-order valence-corrected chi connectivity index (χ4v) is 5.07. The first kappa shape index (κ1) is 21.2. The van der Waals surface area contributed by atoms with Crippen molar-refractivity contribution in [2.75, 3.05) is 13.1 Å². The Morgan fingerprint density at radius 1 is 1.13 bits per heavy atom. The molecule has 0 radical (unpaired) electrons. The highest BCUT2D eigenvalue weighted by Gasteiger charge is 2.51. The average Bonchev–Trinajstić information content (AvgIpc) is 3.25. The monoisotopic (exact) mass is 422 g/mol. The first-order chi connectivity index (χ1) is 14.9. The van der Waals surface area contributed by atoms with Crippen LogP contribution in [0.15, 0.2) is 36.4 Å². The van der Waals surface area contributed by atoms with Crippen molar-refractivity contribution >= 4 is 17.8 Å². The highest BCUT2D eigenvalue weighted by atomic mass is 16.2. The molecule has 0 aliphatic carbocycles. The maximum absolute atomic E-state index is 12.9. The Balaban J connectivity index is 1.42. The van der Waals surface area contributed by atoms with Gasteiger partial charge in [-0.3, -0.25) is 14.9 Å². The summed E-state index contributed by atoms with van der Waals surface area (Å²) in [6.45, 7) is 5.02. The Hall–Kier alpha value is -3.09. The molecule has 3 N–H and O–H groups in total. The zero-order valence-corrected chi connectivity index (χ0v) is 18.2. The van der Waals surface area contributed by atoms with Crippen molar-refractivity contribution in [3.63, 3.8) is 0 Å². The lowest BCUT2D eigenvalue weighted by Crippen LogP contribution is -2.56. The van der Waals surface area contributed by atoms with Crippen LogP contribution in [0.4, 0.5) is 4.79 Å². The molecule has 2 aromatic rings. The van der Waals surface area contributed by atoms with Crippen LogP contribution in [-0.4, -0.2) is 46.4 Å². The summed E-state index contributed by atoms with van der Waals surface area (Å²) in [6.07, 6.45) is 3.62. The molecule has 31 heavy (non-hydrogen) atoms. The highest BCUT2D eigenvalue weighted by molar-refractivity contribution is 6.07. The van der Waals surface area contributed by atoms with Gasteiger partial charge in [0.25, 0.3) is 11.8 Å². The lowest BCUT2D eigenvalue weighted by Gasteiger charge is -2.40. The van der Waals surface area contributed by atoms with Crippen LogP contribution >= 0.6 is 0 Å². The summed E-state index contributed by atoms with van der Waals surface area (Å²) in [5.41, 5.74) is 2.89. The van der Waals surface area contributed by atoms with Crippen molar-refractivity contribution < 1.29 is 14.4 Å².